The molecule has 0 bridgehead atoms. The second kappa shape index (κ2) is 12.2. The lowest BCUT2D eigenvalue weighted by molar-refractivity contribution is -0.151. The van der Waals surface area contributed by atoms with E-state index in [-0.39, 0.29) is 31.1 Å². The summed E-state index contributed by atoms with van der Waals surface area (Å²) in [5.41, 5.74) is -0.397. The smallest absolute Gasteiger partial charge is 0.332 e. The van der Waals surface area contributed by atoms with Gasteiger partial charge in [-0.1, -0.05) is 25.1 Å². The molecular weight excluding hydrogens is 414 g/mol. The van der Waals surface area contributed by atoms with Crippen molar-refractivity contribution in [1.82, 2.24) is 10.2 Å². The Labute approximate surface area is 188 Å². The Bertz CT molecular complexity index is 790. The molecule has 2 rings (SSSR count). The number of hydrogen-bond donors (Lipinski definition) is 2. The number of carbonyl (C=O) groups is 4. The number of rotatable bonds is 11. The summed E-state index contributed by atoms with van der Waals surface area (Å²) in [5, 5.41) is 11.4. The van der Waals surface area contributed by atoms with Crippen molar-refractivity contribution in [1.29, 1.82) is 0 Å². The molecular formula is C23H33N3O6. The minimum Gasteiger partial charge on any atom is -0.481 e. The molecule has 0 aliphatic carbocycles. The highest BCUT2D eigenvalue weighted by Gasteiger charge is 2.49. The normalized spacial score (nSPS) is 15.6. The first-order chi connectivity index (χ1) is 15.3. The topological polar surface area (TPSA) is 116 Å². The van der Waals surface area contributed by atoms with Crippen LogP contribution in [0, 0.1) is 0 Å². The van der Waals surface area contributed by atoms with Crippen molar-refractivity contribution in [2.45, 2.75) is 51.0 Å². The van der Waals surface area contributed by atoms with E-state index in [0.717, 1.165) is 0 Å². The second-order valence-corrected chi connectivity index (χ2v) is 7.88. The zero-order valence-electron chi connectivity index (χ0n) is 18.8. The summed E-state index contributed by atoms with van der Waals surface area (Å²) in [4.78, 5) is 51.9. The molecule has 1 saturated heterocycles. The summed E-state index contributed by atoms with van der Waals surface area (Å²) < 4.78 is 5.14. The quantitative estimate of drug-likeness (QED) is 0.497. The van der Waals surface area contributed by atoms with Gasteiger partial charge < -0.3 is 20.1 Å². The highest BCUT2D eigenvalue weighted by atomic mass is 16.5. The lowest BCUT2D eigenvalue weighted by Gasteiger charge is -2.46. The highest BCUT2D eigenvalue weighted by Crippen LogP contribution is 2.35. The van der Waals surface area contributed by atoms with Crippen LogP contribution in [-0.2, 0) is 23.9 Å². The van der Waals surface area contributed by atoms with E-state index in [9.17, 15) is 19.2 Å². The molecule has 1 aliphatic rings. The lowest BCUT2D eigenvalue weighted by atomic mass is 9.84. The molecule has 2 amide bonds. The Balaban J connectivity index is 2.01. The highest BCUT2D eigenvalue weighted by molar-refractivity contribution is 6.02. The van der Waals surface area contributed by atoms with Crippen molar-refractivity contribution in [2.75, 3.05) is 38.2 Å². The number of carboxylic acids is 1. The van der Waals surface area contributed by atoms with Gasteiger partial charge in [0.15, 0.2) is 0 Å². The number of methoxy groups -OCH3 is 1. The van der Waals surface area contributed by atoms with Gasteiger partial charge >= 0.3 is 11.9 Å². The molecule has 2 N–H and O–H groups in total. The molecule has 0 unspecified atom stereocenters. The molecule has 0 aromatic heterocycles. The van der Waals surface area contributed by atoms with E-state index in [4.69, 9.17) is 9.84 Å². The van der Waals surface area contributed by atoms with Crippen LogP contribution in [0.5, 0.6) is 0 Å². The number of likely N-dealkylation sites (tertiary alicyclic amines) is 1. The number of nitrogens with one attached hydrogen (secondary N) is 1. The van der Waals surface area contributed by atoms with Crippen LogP contribution in [0.25, 0.3) is 0 Å². The van der Waals surface area contributed by atoms with E-state index in [1.807, 2.05) is 30.3 Å². The van der Waals surface area contributed by atoms with Gasteiger partial charge in [-0.3, -0.25) is 19.3 Å². The molecule has 1 aromatic carbocycles. The molecule has 32 heavy (non-hydrogen) atoms. The van der Waals surface area contributed by atoms with Crippen LogP contribution < -0.4 is 10.2 Å². The van der Waals surface area contributed by atoms with Gasteiger partial charge in [0.1, 0.15) is 5.54 Å². The van der Waals surface area contributed by atoms with Crippen molar-refractivity contribution in [3.63, 3.8) is 0 Å². The number of esters is 1. The van der Waals surface area contributed by atoms with Crippen LogP contribution in [0.15, 0.2) is 30.3 Å². The standard InChI is InChI=1S/C23H33N3O6/c1-3-20(28)26(18-8-5-4-6-9-18)23(22(31)32-2)12-15-25(16-13-23)17-14-24-19(27)10-7-11-21(29)30/h4-6,8-9H,3,7,10-17H2,1-2H3,(H,24,27)(H,29,30). The number of carbonyl (C=O) groups excluding carboxylic acids is 3. The van der Waals surface area contributed by atoms with Crippen molar-refractivity contribution in [3.05, 3.63) is 30.3 Å². The molecule has 1 fully saturated rings. The zero-order chi connectivity index (χ0) is 23.6. The molecule has 0 saturated carbocycles. The third-order valence-corrected chi connectivity index (χ3v) is 5.79. The average Bonchev–Trinajstić information content (AvgIpc) is 2.80. The van der Waals surface area contributed by atoms with E-state index in [0.29, 0.717) is 51.1 Å². The van der Waals surface area contributed by atoms with Crippen molar-refractivity contribution in [3.8, 4) is 0 Å². The van der Waals surface area contributed by atoms with E-state index < -0.39 is 17.5 Å². The zero-order valence-corrected chi connectivity index (χ0v) is 18.8. The molecule has 9 heteroatoms. The van der Waals surface area contributed by atoms with Crippen LogP contribution in [0.2, 0.25) is 0 Å². The minimum absolute atomic E-state index is 0.0243. The number of hydrogen-bond acceptors (Lipinski definition) is 6. The van der Waals surface area contributed by atoms with Gasteiger partial charge in [0.25, 0.3) is 0 Å². The molecule has 1 aliphatic heterocycles. The van der Waals surface area contributed by atoms with Gasteiger partial charge in [-0.2, -0.15) is 0 Å². The fourth-order valence-corrected chi connectivity index (χ4v) is 4.06. The molecule has 0 spiro atoms. The molecule has 176 valence electrons. The summed E-state index contributed by atoms with van der Waals surface area (Å²) in [6, 6.07) is 9.19. The number of para-hydroxylation sites is 1. The Morgan fingerprint density at radius 2 is 1.78 bits per heavy atom. The average molecular weight is 448 g/mol. The van der Waals surface area contributed by atoms with Crippen LogP contribution in [0.1, 0.15) is 45.4 Å². The Hall–Kier alpha value is -2.94. The van der Waals surface area contributed by atoms with Gasteiger partial charge in [0.05, 0.1) is 7.11 Å². The maximum Gasteiger partial charge on any atom is 0.332 e. The van der Waals surface area contributed by atoms with E-state index in [1.165, 1.54) is 7.11 Å². The van der Waals surface area contributed by atoms with Crippen LogP contribution in [0.4, 0.5) is 5.69 Å². The van der Waals surface area contributed by atoms with E-state index in [2.05, 4.69) is 10.2 Å². The maximum atomic E-state index is 12.9. The van der Waals surface area contributed by atoms with Gasteiger partial charge in [-0.05, 0) is 31.4 Å². The molecule has 9 nitrogen and oxygen atoms in total. The fourth-order valence-electron chi connectivity index (χ4n) is 4.06. The number of nitrogens with zero attached hydrogens (tertiary/aromatic N) is 2. The SMILES string of the molecule is CCC(=O)N(c1ccccc1)C1(C(=O)OC)CCN(CCNC(=O)CCCC(=O)O)CC1. The van der Waals surface area contributed by atoms with Crippen LogP contribution in [0.3, 0.4) is 0 Å². The lowest BCUT2D eigenvalue weighted by Crippen LogP contribution is -2.63. The largest absolute Gasteiger partial charge is 0.481 e. The van der Waals surface area contributed by atoms with Gasteiger partial charge in [-0.15, -0.1) is 0 Å². The van der Waals surface area contributed by atoms with Crippen molar-refractivity contribution >= 4 is 29.4 Å². The van der Waals surface area contributed by atoms with Gasteiger partial charge in [0, 0.05) is 51.1 Å². The van der Waals surface area contributed by atoms with Gasteiger partial charge in [-0.25, -0.2) is 4.79 Å². The summed E-state index contributed by atoms with van der Waals surface area (Å²) in [6.45, 7) is 3.97. The summed E-state index contributed by atoms with van der Waals surface area (Å²) >= 11 is 0. The minimum atomic E-state index is -1.07. The van der Waals surface area contributed by atoms with Crippen molar-refractivity contribution < 1.29 is 29.0 Å². The molecule has 1 aromatic rings. The monoisotopic (exact) mass is 447 g/mol. The number of amides is 2. The Morgan fingerprint density at radius 1 is 1.12 bits per heavy atom. The van der Waals surface area contributed by atoms with E-state index >= 15 is 0 Å². The third-order valence-electron chi connectivity index (χ3n) is 5.79. The summed E-state index contributed by atoms with van der Waals surface area (Å²) in [7, 11) is 1.34. The molecule has 0 radical (unpaired) electrons. The predicted octanol–water partition coefficient (Wildman–Crippen LogP) is 1.81. The number of aliphatic carboxylic acids is 1. The Morgan fingerprint density at radius 3 is 2.34 bits per heavy atom. The number of benzene rings is 1. The number of piperidine rings is 1. The fraction of sp³-hybridized carbons (Fsp3) is 0.565. The first-order valence-electron chi connectivity index (χ1n) is 11.0. The summed E-state index contributed by atoms with van der Waals surface area (Å²) in [5.74, 6) is -1.64. The number of carboxylic acid groups (broad SMARTS) is 1. The number of ether oxygens (including phenoxy) is 1. The second-order valence-electron chi connectivity index (χ2n) is 7.88. The van der Waals surface area contributed by atoms with E-state index in [1.54, 1.807) is 11.8 Å². The van der Waals surface area contributed by atoms with Crippen LogP contribution >= 0.6 is 0 Å². The predicted molar refractivity (Wildman–Crippen MR) is 119 cm³/mol. The summed E-state index contributed by atoms with van der Waals surface area (Å²) in [6.07, 6.45) is 1.59. The first-order valence-corrected chi connectivity index (χ1v) is 11.0. The van der Waals surface area contributed by atoms with Crippen LogP contribution in [-0.4, -0.2) is 72.6 Å². The number of anilines is 1. The van der Waals surface area contributed by atoms with Crippen molar-refractivity contribution in [2.24, 2.45) is 0 Å². The maximum absolute atomic E-state index is 12.9. The first kappa shape index (κ1) is 25.3. The third kappa shape index (κ3) is 6.53. The molecule has 1 heterocycles. The molecule has 0 atom stereocenters. The Kier molecular flexibility index (Phi) is 9.64. The van der Waals surface area contributed by atoms with Gasteiger partial charge in [0.2, 0.25) is 11.8 Å².